The molecule has 3 nitrogen and oxygen atoms in total. The Bertz CT molecular complexity index is 395. The van der Waals surface area contributed by atoms with Gasteiger partial charge in [-0.15, -0.1) is 0 Å². The lowest BCUT2D eigenvalue weighted by molar-refractivity contribution is -0.140. The first-order valence-corrected chi connectivity index (χ1v) is 5.53. The third-order valence-electron chi connectivity index (χ3n) is 1.93. The van der Waals surface area contributed by atoms with E-state index < -0.39 is 0 Å². The number of ether oxygens (including phenoxy) is 1. The number of para-hydroxylation sites is 1. The van der Waals surface area contributed by atoms with Crippen LogP contribution >= 0.6 is 23.8 Å². The predicted octanol–water partition coefficient (Wildman–Crippen LogP) is 3.03. The molecule has 0 radical (unpaired) electrons. The number of nitrogens with one attached hydrogen (secondary N) is 1. The molecule has 0 amide bonds. The molecule has 16 heavy (non-hydrogen) atoms. The Hall–Kier alpha value is -1.13. The molecular formula is C11H12ClNO2S. The fraction of sp³-hybridized carbons (Fsp3) is 0.273. The molecule has 0 fully saturated rings. The van der Waals surface area contributed by atoms with Gasteiger partial charge in [0.05, 0.1) is 29.2 Å². The van der Waals surface area contributed by atoms with Gasteiger partial charge in [-0.1, -0.05) is 36.0 Å². The lowest BCUT2D eigenvalue weighted by Gasteiger charge is -2.08. The molecule has 0 atom stereocenters. The maximum absolute atomic E-state index is 10.9. The SMILES string of the molecule is COC(=O)CCC(=S)Nc1ccccc1Cl. The first-order chi connectivity index (χ1) is 7.63. The minimum absolute atomic E-state index is 0.271. The molecule has 1 rings (SSSR count). The van der Waals surface area contributed by atoms with Crippen LogP contribution in [-0.4, -0.2) is 18.1 Å². The summed E-state index contributed by atoms with van der Waals surface area (Å²) in [6, 6.07) is 7.29. The standard InChI is InChI=1S/C11H12ClNO2S/c1-15-11(14)7-6-10(16)13-9-5-3-2-4-8(9)12/h2-5H,6-7H2,1H3,(H,13,16). The first kappa shape index (κ1) is 12.9. The lowest BCUT2D eigenvalue weighted by Crippen LogP contribution is -2.12. The molecule has 0 saturated heterocycles. The molecule has 0 unspecified atom stereocenters. The van der Waals surface area contributed by atoms with Crippen LogP contribution in [0, 0.1) is 0 Å². The van der Waals surface area contributed by atoms with Crippen molar-refractivity contribution in [1.82, 2.24) is 0 Å². The third-order valence-corrected chi connectivity index (χ3v) is 2.57. The van der Waals surface area contributed by atoms with Crippen molar-refractivity contribution in [1.29, 1.82) is 0 Å². The Labute approximate surface area is 105 Å². The monoisotopic (exact) mass is 257 g/mol. The summed E-state index contributed by atoms with van der Waals surface area (Å²) in [5.41, 5.74) is 0.749. The Balaban J connectivity index is 2.46. The Morgan fingerprint density at radius 3 is 2.75 bits per heavy atom. The maximum atomic E-state index is 10.9. The summed E-state index contributed by atoms with van der Waals surface area (Å²) in [6.07, 6.45) is 0.722. The highest BCUT2D eigenvalue weighted by atomic mass is 35.5. The highest BCUT2D eigenvalue weighted by molar-refractivity contribution is 7.80. The van der Waals surface area contributed by atoms with Crippen molar-refractivity contribution in [2.45, 2.75) is 12.8 Å². The summed E-state index contributed by atoms with van der Waals surface area (Å²) >= 11 is 11.0. The van der Waals surface area contributed by atoms with Gasteiger partial charge in [-0.05, 0) is 12.1 Å². The second-order valence-electron chi connectivity index (χ2n) is 3.10. The van der Waals surface area contributed by atoms with Crippen LogP contribution in [0.15, 0.2) is 24.3 Å². The van der Waals surface area contributed by atoms with E-state index in [0.29, 0.717) is 16.4 Å². The number of rotatable bonds is 4. The molecule has 0 aliphatic rings. The van der Waals surface area contributed by atoms with Gasteiger partial charge in [-0.25, -0.2) is 0 Å². The average molecular weight is 258 g/mol. The number of halogens is 1. The second kappa shape index (κ2) is 6.45. The van der Waals surface area contributed by atoms with Crippen LogP contribution in [0.1, 0.15) is 12.8 Å². The molecular weight excluding hydrogens is 246 g/mol. The smallest absolute Gasteiger partial charge is 0.305 e. The molecule has 1 N–H and O–H groups in total. The van der Waals surface area contributed by atoms with Crippen molar-refractivity contribution in [3.63, 3.8) is 0 Å². The van der Waals surface area contributed by atoms with Crippen LogP contribution in [0.25, 0.3) is 0 Å². The van der Waals surface area contributed by atoms with Gasteiger partial charge in [0, 0.05) is 6.42 Å². The maximum Gasteiger partial charge on any atom is 0.305 e. The van der Waals surface area contributed by atoms with Gasteiger partial charge in [-0.2, -0.15) is 0 Å². The number of thiocarbonyl (C=S) groups is 1. The predicted molar refractivity (Wildman–Crippen MR) is 68.9 cm³/mol. The summed E-state index contributed by atoms with van der Waals surface area (Å²) in [5.74, 6) is -0.275. The normalized spacial score (nSPS) is 9.62. The van der Waals surface area contributed by atoms with Crippen molar-refractivity contribution < 1.29 is 9.53 Å². The van der Waals surface area contributed by atoms with E-state index in [0.717, 1.165) is 5.69 Å². The van der Waals surface area contributed by atoms with E-state index in [1.807, 2.05) is 18.2 Å². The number of esters is 1. The van der Waals surface area contributed by atoms with Crippen molar-refractivity contribution in [3.8, 4) is 0 Å². The van der Waals surface area contributed by atoms with Crippen LogP contribution in [0.4, 0.5) is 5.69 Å². The minimum atomic E-state index is -0.275. The topological polar surface area (TPSA) is 38.3 Å². The largest absolute Gasteiger partial charge is 0.469 e. The van der Waals surface area contributed by atoms with E-state index in [9.17, 15) is 4.79 Å². The Morgan fingerprint density at radius 1 is 1.44 bits per heavy atom. The number of methoxy groups -OCH3 is 1. The van der Waals surface area contributed by atoms with Gasteiger partial charge >= 0.3 is 5.97 Å². The summed E-state index contributed by atoms with van der Waals surface area (Å²) in [5, 5.41) is 3.58. The summed E-state index contributed by atoms with van der Waals surface area (Å²) in [6.45, 7) is 0. The molecule has 0 spiro atoms. The molecule has 0 aliphatic heterocycles. The van der Waals surface area contributed by atoms with Crippen molar-refractivity contribution in [2.75, 3.05) is 12.4 Å². The van der Waals surface area contributed by atoms with Crippen molar-refractivity contribution in [3.05, 3.63) is 29.3 Å². The van der Waals surface area contributed by atoms with Crippen LogP contribution < -0.4 is 5.32 Å². The zero-order chi connectivity index (χ0) is 12.0. The molecule has 86 valence electrons. The lowest BCUT2D eigenvalue weighted by atomic mass is 10.3. The van der Waals surface area contributed by atoms with Crippen LogP contribution in [0.2, 0.25) is 5.02 Å². The van der Waals surface area contributed by atoms with E-state index in [2.05, 4.69) is 10.1 Å². The fourth-order valence-corrected chi connectivity index (χ4v) is 1.49. The summed E-state index contributed by atoms with van der Waals surface area (Å²) in [4.78, 5) is 11.5. The van der Waals surface area contributed by atoms with E-state index in [1.54, 1.807) is 6.07 Å². The quantitative estimate of drug-likeness (QED) is 0.665. The zero-order valence-corrected chi connectivity index (χ0v) is 10.4. The third kappa shape index (κ3) is 4.16. The van der Waals surface area contributed by atoms with Crippen LogP contribution in [0.5, 0.6) is 0 Å². The summed E-state index contributed by atoms with van der Waals surface area (Å²) < 4.78 is 4.52. The molecule has 0 aliphatic carbocycles. The van der Waals surface area contributed by atoms with E-state index in [4.69, 9.17) is 23.8 Å². The zero-order valence-electron chi connectivity index (χ0n) is 8.83. The summed E-state index contributed by atoms with van der Waals surface area (Å²) in [7, 11) is 1.35. The van der Waals surface area contributed by atoms with Gasteiger partial charge in [-0.3, -0.25) is 4.79 Å². The molecule has 5 heteroatoms. The number of carbonyl (C=O) groups excluding carboxylic acids is 1. The van der Waals surface area contributed by atoms with Gasteiger partial charge in [0.2, 0.25) is 0 Å². The number of anilines is 1. The minimum Gasteiger partial charge on any atom is -0.469 e. The molecule has 1 aromatic carbocycles. The van der Waals surface area contributed by atoms with Crippen LogP contribution in [0.3, 0.4) is 0 Å². The molecule has 0 bridgehead atoms. The van der Waals surface area contributed by atoms with E-state index in [-0.39, 0.29) is 12.4 Å². The van der Waals surface area contributed by atoms with Gasteiger partial charge in [0.15, 0.2) is 0 Å². The molecule has 0 heterocycles. The second-order valence-corrected chi connectivity index (χ2v) is 4.00. The van der Waals surface area contributed by atoms with Gasteiger partial charge in [0.25, 0.3) is 0 Å². The molecule has 0 saturated carbocycles. The van der Waals surface area contributed by atoms with E-state index in [1.165, 1.54) is 7.11 Å². The van der Waals surface area contributed by atoms with Gasteiger partial charge < -0.3 is 10.1 Å². The Kier molecular flexibility index (Phi) is 5.22. The average Bonchev–Trinajstić information content (AvgIpc) is 2.29. The number of hydrogen-bond donors (Lipinski definition) is 1. The number of hydrogen-bond acceptors (Lipinski definition) is 3. The molecule has 0 aromatic heterocycles. The van der Waals surface area contributed by atoms with Crippen molar-refractivity contribution in [2.24, 2.45) is 0 Å². The molecule has 1 aromatic rings. The van der Waals surface area contributed by atoms with Crippen molar-refractivity contribution >= 4 is 40.5 Å². The number of benzene rings is 1. The number of carbonyl (C=O) groups is 1. The van der Waals surface area contributed by atoms with E-state index >= 15 is 0 Å². The fourth-order valence-electron chi connectivity index (χ4n) is 1.09. The highest BCUT2D eigenvalue weighted by Gasteiger charge is 2.05. The first-order valence-electron chi connectivity index (χ1n) is 4.74. The van der Waals surface area contributed by atoms with Crippen LogP contribution in [-0.2, 0) is 9.53 Å². The Morgan fingerprint density at radius 2 is 2.12 bits per heavy atom. The highest BCUT2D eigenvalue weighted by Crippen LogP contribution is 2.20. The van der Waals surface area contributed by atoms with Gasteiger partial charge in [0.1, 0.15) is 0 Å².